The zero-order valence-electron chi connectivity index (χ0n) is 20.2. The maximum Gasteiger partial charge on any atom is 0.301 e. The van der Waals surface area contributed by atoms with Crippen molar-refractivity contribution in [2.75, 3.05) is 18.1 Å². The smallest absolute Gasteiger partial charge is 0.301 e. The molecular formula is C28H21N3O6S. The molecule has 2 aliphatic heterocycles. The Balaban J connectivity index is 1.48. The number of aliphatic hydroxyl groups is 1. The van der Waals surface area contributed by atoms with Crippen LogP contribution in [0.25, 0.3) is 5.76 Å². The van der Waals surface area contributed by atoms with Crippen LogP contribution in [0.5, 0.6) is 23.0 Å². The summed E-state index contributed by atoms with van der Waals surface area (Å²) in [5.41, 5.74) is 0.809. The van der Waals surface area contributed by atoms with Crippen LogP contribution >= 0.6 is 11.3 Å². The van der Waals surface area contributed by atoms with E-state index in [-0.39, 0.29) is 16.5 Å². The van der Waals surface area contributed by atoms with Crippen molar-refractivity contribution in [3.8, 4) is 23.0 Å². The molecule has 1 fully saturated rings. The second-order valence-electron chi connectivity index (χ2n) is 8.62. The lowest BCUT2D eigenvalue weighted by atomic mass is 9.95. The number of carbonyl (C=O) groups excluding carboxylic acids is 2. The molecule has 0 bridgehead atoms. The Hall–Kier alpha value is -4.70. The van der Waals surface area contributed by atoms with Crippen LogP contribution < -0.4 is 19.1 Å². The molecule has 3 heterocycles. The molecule has 0 aliphatic carbocycles. The molecular weight excluding hydrogens is 506 g/mol. The van der Waals surface area contributed by atoms with E-state index in [0.29, 0.717) is 52.3 Å². The van der Waals surface area contributed by atoms with Crippen molar-refractivity contribution in [1.82, 2.24) is 10.2 Å². The number of benzene rings is 3. The fourth-order valence-electron chi connectivity index (χ4n) is 4.45. The Bertz CT molecular complexity index is 1580. The van der Waals surface area contributed by atoms with Crippen molar-refractivity contribution in [2.45, 2.75) is 13.0 Å². The molecule has 6 rings (SSSR count). The fourth-order valence-corrected chi connectivity index (χ4v) is 5.16. The van der Waals surface area contributed by atoms with Crippen molar-refractivity contribution < 1.29 is 28.9 Å². The van der Waals surface area contributed by atoms with E-state index in [2.05, 4.69) is 10.2 Å². The molecule has 1 atom stereocenters. The molecule has 10 heteroatoms. The van der Waals surface area contributed by atoms with Crippen molar-refractivity contribution in [2.24, 2.45) is 0 Å². The topological polar surface area (TPSA) is 111 Å². The highest BCUT2D eigenvalue weighted by Crippen LogP contribution is 2.44. The minimum absolute atomic E-state index is 0.0728. The van der Waals surface area contributed by atoms with Crippen LogP contribution in [0.2, 0.25) is 0 Å². The molecule has 0 radical (unpaired) electrons. The molecule has 0 spiro atoms. The van der Waals surface area contributed by atoms with Crippen LogP contribution in [0.3, 0.4) is 0 Å². The largest absolute Gasteiger partial charge is 0.507 e. The number of aliphatic hydroxyl groups excluding tert-OH is 1. The average molecular weight is 528 g/mol. The summed E-state index contributed by atoms with van der Waals surface area (Å²) in [5, 5.41) is 20.5. The van der Waals surface area contributed by atoms with Crippen molar-refractivity contribution in [1.29, 1.82) is 0 Å². The molecule has 0 saturated carbocycles. The van der Waals surface area contributed by atoms with E-state index in [9.17, 15) is 14.7 Å². The lowest BCUT2D eigenvalue weighted by molar-refractivity contribution is -0.132. The van der Waals surface area contributed by atoms with Crippen LogP contribution in [0.4, 0.5) is 5.13 Å². The highest BCUT2D eigenvalue weighted by Gasteiger charge is 2.48. The standard InChI is InChI=1S/C28H21N3O6S/c1-16-29-30-28(38-16)31-24(17-6-5-9-20(14-17)37-19-7-3-2-4-8-19)23(26(33)27(31)34)25(32)18-10-11-21-22(15-18)36-13-12-35-21/h2-11,14-15,24,32H,12-13H2,1H3/b25-23+. The summed E-state index contributed by atoms with van der Waals surface area (Å²) in [4.78, 5) is 28.0. The molecule has 190 valence electrons. The zero-order valence-corrected chi connectivity index (χ0v) is 21.0. The minimum Gasteiger partial charge on any atom is -0.507 e. The van der Waals surface area contributed by atoms with E-state index in [0.717, 1.165) is 0 Å². The number of ketones is 1. The Labute approximate surface area is 221 Å². The summed E-state index contributed by atoms with van der Waals surface area (Å²) in [6.07, 6.45) is 0. The maximum absolute atomic E-state index is 13.4. The van der Waals surface area contributed by atoms with Gasteiger partial charge >= 0.3 is 5.91 Å². The number of aryl methyl sites for hydroxylation is 1. The minimum atomic E-state index is -0.963. The van der Waals surface area contributed by atoms with Gasteiger partial charge in [-0.05, 0) is 55.0 Å². The molecule has 9 nitrogen and oxygen atoms in total. The van der Waals surface area contributed by atoms with E-state index < -0.39 is 17.7 Å². The van der Waals surface area contributed by atoms with E-state index in [1.54, 1.807) is 49.4 Å². The number of anilines is 1. The molecule has 1 aromatic heterocycles. The van der Waals surface area contributed by atoms with Gasteiger partial charge < -0.3 is 19.3 Å². The molecule has 2 aliphatic rings. The van der Waals surface area contributed by atoms with Gasteiger partial charge in [0.1, 0.15) is 35.5 Å². The van der Waals surface area contributed by atoms with Gasteiger partial charge in [0.2, 0.25) is 5.13 Å². The number of nitrogens with zero attached hydrogens (tertiary/aromatic N) is 3. The van der Waals surface area contributed by atoms with Crippen LogP contribution in [-0.4, -0.2) is 40.2 Å². The lowest BCUT2D eigenvalue weighted by Gasteiger charge is -2.23. The number of rotatable bonds is 5. The van der Waals surface area contributed by atoms with E-state index >= 15 is 0 Å². The van der Waals surface area contributed by atoms with Gasteiger partial charge in [-0.1, -0.05) is 41.7 Å². The van der Waals surface area contributed by atoms with Crippen LogP contribution in [0.1, 0.15) is 22.2 Å². The third kappa shape index (κ3) is 4.24. The van der Waals surface area contributed by atoms with Gasteiger partial charge in [-0.15, -0.1) is 10.2 Å². The number of carbonyl (C=O) groups is 2. The predicted octanol–water partition coefficient (Wildman–Crippen LogP) is 5.04. The third-order valence-electron chi connectivity index (χ3n) is 6.13. The number of Topliss-reactive ketones (excluding diaryl/α,β-unsaturated/α-hetero) is 1. The van der Waals surface area contributed by atoms with Crippen LogP contribution in [0, 0.1) is 6.92 Å². The summed E-state index contributed by atoms with van der Waals surface area (Å²) in [6.45, 7) is 2.55. The van der Waals surface area contributed by atoms with Crippen LogP contribution in [0.15, 0.2) is 78.4 Å². The highest BCUT2D eigenvalue weighted by molar-refractivity contribution is 7.15. The van der Waals surface area contributed by atoms with Gasteiger partial charge in [-0.25, -0.2) is 0 Å². The third-order valence-corrected chi connectivity index (χ3v) is 6.97. The second kappa shape index (κ2) is 9.64. The zero-order chi connectivity index (χ0) is 26.2. The van der Waals surface area contributed by atoms with Crippen molar-refractivity contribution >= 4 is 33.9 Å². The van der Waals surface area contributed by atoms with Gasteiger partial charge in [-0.3, -0.25) is 14.5 Å². The molecule has 1 N–H and O–H groups in total. The Morgan fingerprint density at radius 2 is 1.71 bits per heavy atom. The van der Waals surface area contributed by atoms with E-state index in [4.69, 9.17) is 14.2 Å². The van der Waals surface area contributed by atoms with Gasteiger partial charge in [0.05, 0.1) is 11.6 Å². The van der Waals surface area contributed by atoms with Crippen LogP contribution in [-0.2, 0) is 9.59 Å². The SMILES string of the molecule is Cc1nnc(N2C(=O)C(=O)/C(=C(/O)c3ccc4c(c3)OCCO4)C2c2cccc(Oc3ccccc3)c2)s1. The van der Waals surface area contributed by atoms with E-state index in [1.165, 1.54) is 16.2 Å². The first kappa shape index (κ1) is 23.7. The van der Waals surface area contributed by atoms with Gasteiger partial charge in [0, 0.05) is 5.56 Å². The first-order valence-electron chi connectivity index (χ1n) is 11.8. The van der Waals surface area contributed by atoms with E-state index in [1.807, 2.05) is 30.3 Å². The molecule has 38 heavy (non-hydrogen) atoms. The molecule has 3 aromatic carbocycles. The molecule has 4 aromatic rings. The highest BCUT2D eigenvalue weighted by atomic mass is 32.1. The number of fused-ring (bicyclic) bond motifs is 1. The fraction of sp³-hybridized carbons (Fsp3) is 0.143. The number of ether oxygens (including phenoxy) is 3. The predicted molar refractivity (Wildman–Crippen MR) is 140 cm³/mol. The van der Waals surface area contributed by atoms with Gasteiger partial charge in [0.25, 0.3) is 5.78 Å². The number of para-hydroxylation sites is 1. The average Bonchev–Trinajstić information content (AvgIpc) is 3.48. The quantitative estimate of drug-likeness (QED) is 0.218. The second-order valence-corrected chi connectivity index (χ2v) is 9.78. The van der Waals surface area contributed by atoms with Gasteiger partial charge in [-0.2, -0.15) is 0 Å². The number of hydrogen-bond donors (Lipinski definition) is 1. The number of hydrogen-bond acceptors (Lipinski definition) is 9. The first-order chi connectivity index (χ1) is 18.5. The number of amides is 1. The molecule has 1 amide bonds. The Morgan fingerprint density at radius 1 is 0.947 bits per heavy atom. The number of aromatic nitrogens is 2. The normalized spacial score (nSPS) is 18.0. The summed E-state index contributed by atoms with van der Waals surface area (Å²) in [6, 6.07) is 20.2. The summed E-state index contributed by atoms with van der Waals surface area (Å²) in [7, 11) is 0. The monoisotopic (exact) mass is 527 g/mol. The summed E-state index contributed by atoms with van der Waals surface area (Å²) < 4.78 is 17.2. The summed E-state index contributed by atoms with van der Waals surface area (Å²) in [5.74, 6) is 0.165. The summed E-state index contributed by atoms with van der Waals surface area (Å²) >= 11 is 1.18. The Morgan fingerprint density at radius 3 is 2.47 bits per heavy atom. The first-order valence-corrected chi connectivity index (χ1v) is 12.7. The van der Waals surface area contributed by atoms with Crippen molar-refractivity contribution in [3.63, 3.8) is 0 Å². The lowest BCUT2D eigenvalue weighted by Crippen LogP contribution is -2.29. The molecule has 1 unspecified atom stereocenters. The Kier molecular flexibility index (Phi) is 6.01. The van der Waals surface area contributed by atoms with Crippen molar-refractivity contribution in [3.05, 3.63) is 94.5 Å². The molecule has 1 saturated heterocycles. The maximum atomic E-state index is 13.4. The van der Waals surface area contributed by atoms with Gasteiger partial charge in [0.15, 0.2) is 11.5 Å².